The molecular weight excluding hydrogens is 220 g/mol. The van der Waals surface area contributed by atoms with Gasteiger partial charge in [-0.05, 0) is 36.3 Å². The number of aromatic nitrogens is 1. The minimum atomic E-state index is -0.0725. The second kappa shape index (κ2) is 4.03. The molecule has 0 bridgehead atoms. The molecule has 2 N–H and O–H groups in total. The summed E-state index contributed by atoms with van der Waals surface area (Å²) in [6, 6.07) is 4.14. The number of rotatable bonds is 3. The Morgan fingerprint density at radius 3 is 3.12 bits per heavy atom. The second-order valence-corrected chi connectivity index (χ2v) is 5.31. The van der Waals surface area contributed by atoms with Crippen LogP contribution in [-0.4, -0.2) is 22.7 Å². The van der Waals surface area contributed by atoms with Crippen LogP contribution in [0, 0.1) is 5.92 Å². The average Bonchev–Trinajstić information content (AvgIpc) is 2.71. The number of thiophene rings is 1. The van der Waals surface area contributed by atoms with Crippen molar-refractivity contribution >= 4 is 27.2 Å². The number of nitrogens with one attached hydrogen (secondary N) is 1. The maximum atomic E-state index is 9.21. The number of aliphatic hydroxyl groups excluding tert-OH is 1. The van der Waals surface area contributed by atoms with Crippen molar-refractivity contribution in [1.29, 1.82) is 0 Å². The molecule has 3 rings (SSSR count). The predicted molar refractivity (Wildman–Crippen MR) is 66.8 cm³/mol. The Balaban J connectivity index is 1.71. The molecule has 2 aromatic rings. The van der Waals surface area contributed by atoms with Gasteiger partial charge >= 0.3 is 0 Å². The topological polar surface area (TPSA) is 45.1 Å². The highest BCUT2D eigenvalue weighted by atomic mass is 32.1. The third kappa shape index (κ3) is 1.79. The lowest BCUT2D eigenvalue weighted by Gasteiger charge is -2.31. The fourth-order valence-corrected chi connectivity index (χ4v) is 2.93. The van der Waals surface area contributed by atoms with Gasteiger partial charge in [0.25, 0.3) is 0 Å². The molecule has 1 fully saturated rings. The number of aliphatic hydroxyl groups is 1. The Hall–Kier alpha value is -1.13. The van der Waals surface area contributed by atoms with E-state index in [0.29, 0.717) is 5.92 Å². The van der Waals surface area contributed by atoms with Crippen LogP contribution in [0.5, 0.6) is 0 Å². The lowest BCUT2D eigenvalue weighted by Crippen LogP contribution is -2.33. The van der Waals surface area contributed by atoms with Crippen LogP contribution in [0.15, 0.2) is 23.7 Å². The monoisotopic (exact) mass is 234 g/mol. The molecule has 1 aliphatic rings. The molecule has 0 spiro atoms. The first-order valence-corrected chi connectivity index (χ1v) is 6.45. The predicted octanol–water partition coefficient (Wildman–Crippen LogP) is 2.48. The van der Waals surface area contributed by atoms with Gasteiger partial charge in [0.05, 0.1) is 6.10 Å². The normalized spacial score (nSPS) is 24.3. The largest absolute Gasteiger partial charge is 0.393 e. The molecule has 1 saturated carbocycles. The van der Waals surface area contributed by atoms with Crippen LogP contribution in [0.2, 0.25) is 0 Å². The Morgan fingerprint density at radius 2 is 2.31 bits per heavy atom. The summed E-state index contributed by atoms with van der Waals surface area (Å²) >= 11 is 1.74. The van der Waals surface area contributed by atoms with Crippen molar-refractivity contribution in [2.75, 3.05) is 11.9 Å². The quantitative estimate of drug-likeness (QED) is 0.857. The van der Waals surface area contributed by atoms with Crippen molar-refractivity contribution in [3.05, 3.63) is 23.7 Å². The van der Waals surface area contributed by atoms with E-state index in [1.165, 1.54) is 10.1 Å². The highest BCUT2D eigenvalue weighted by Crippen LogP contribution is 2.29. The van der Waals surface area contributed by atoms with E-state index in [2.05, 4.69) is 21.7 Å². The Bertz CT molecular complexity index is 490. The van der Waals surface area contributed by atoms with E-state index in [0.717, 1.165) is 25.2 Å². The molecule has 2 heterocycles. The molecule has 84 valence electrons. The molecule has 0 radical (unpaired) electrons. The van der Waals surface area contributed by atoms with Gasteiger partial charge < -0.3 is 10.4 Å². The van der Waals surface area contributed by atoms with Crippen molar-refractivity contribution in [3.8, 4) is 0 Å². The summed E-state index contributed by atoms with van der Waals surface area (Å²) in [5.41, 5.74) is 0. The van der Waals surface area contributed by atoms with Crippen LogP contribution in [0.4, 0.5) is 5.82 Å². The van der Waals surface area contributed by atoms with Gasteiger partial charge in [-0.25, -0.2) is 4.98 Å². The molecular formula is C12H14N2OS. The van der Waals surface area contributed by atoms with Crippen molar-refractivity contribution in [2.45, 2.75) is 18.9 Å². The van der Waals surface area contributed by atoms with Crippen LogP contribution < -0.4 is 5.32 Å². The molecule has 1 aliphatic carbocycles. The summed E-state index contributed by atoms with van der Waals surface area (Å²) in [7, 11) is 0. The summed E-state index contributed by atoms with van der Waals surface area (Å²) < 4.78 is 1.27. The second-order valence-electron chi connectivity index (χ2n) is 4.36. The Kier molecular flexibility index (Phi) is 2.53. The van der Waals surface area contributed by atoms with Crippen molar-refractivity contribution < 1.29 is 5.11 Å². The highest BCUT2D eigenvalue weighted by molar-refractivity contribution is 7.17. The zero-order chi connectivity index (χ0) is 11.0. The smallest absolute Gasteiger partial charge is 0.134 e. The van der Waals surface area contributed by atoms with Gasteiger partial charge in [0.2, 0.25) is 0 Å². The minimum Gasteiger partial charge on any atom is -0.393 e. The summed E-state index contributed by atoms with van der Waals surface area (Å²) in [6.07, 6.45) is 3.62. The summed E-state index contributed by atoms with van der Waals surface area (Å²) in [6.45, 7) is 0.916. The van der Waals surface area contributed by atoms with Crippen LogP contribution in [0.1, 0.15) is 12.8 Å². The molecule has 4 heteroatoms. The maximum Gasteiger partial charge on any atom is 0.134 e. The SMILES string of the molecule is OC1CC(CNc2nccc3sccc23)C1. The highest BCUT2D eigenvalue weighted by Gasteiger charge is 2.26. The molecule has 0 aliphatic heterocycles. The number of fused-ring (bicyclic) bond motifs is 1. The lowest BCUT2D eigenvalue weighted by molar-refractivity contribution is 0.0487. The minimum absolute atomic E-state index is 0.0725. The van der Waals surface area contributed by atoms with Crippen molar-refractivity contribution in [3.63, 3.8) is 0 Å². The van der Waals surface area contributed by atoms with E-state index in [9.17, 15) is 5.11 Å². The number of hydrogen-bond acceptors (Lipinski definition) is 4. The van der Waals surface area contributed by atoms with Gasteiger partial charge in [0.1, 0.15) is 5.82 Å². The van der Waals surface area contributed by atoms with Crippen molar-refractivity contribution in [2.24, 2.45) is 5.92 Å². The molecule has 0 atom stereocenters. The Labute approximate surface area is 98.1 Å². The summed E-state index contributed by atoms with van der Waals surface area (Å²) in [4.78, 5) is 4.36. The zero-order valence-corrected chi connectivity index (χ0v) is 9.70. The standard InChI is InChI=1S/C12H14N2OS/c15-9-5-8(6-9)7-14-12-10-2-4-16-11(10)1-3-13-12/h1-4,8-9,15H,5-7H2,(H,13,14). The van der Waals surface area contributed by atoms with E-state index < -0.39 is 0 Å². The van der Waals surface area contributed by atoms with E-state index in [-0.39, 0.29) is 6.10 Å². The van der Waals surface area contributed by atoms with Gasteiger partial charge in [0.15, 0.2) is 0 Å². The zero-order valence-electron chi connectivity index (χ0n) is 8.89. The van der Waals surface area contributed by atoms with E-state index >= 15 is 0 Å². The van der Waals surface area contributed by atoms with Gasteiger partial charge in [-0.2, -0.15) is 0 Å². The van der Waals surface area contributed by atoms with Gasteiger partial charge in [-0.1, -0.05) is 0 Å². The van der Waals surface area contributed by atoms with Gasteiger partial charge in [-0.15, -0.1) is 11.3 Å². The number of anilines is 1. The van der Waals surface area contributed by atoms with E-state index in [1.807, 2.05) is 12.3 Å². The van der Waals surface area contributed by atoms with Crippen LogP contribution in [0.3, 0.4) is 0 Å². The first-order chi connectivity index (χ1) is 7.83. The summed E-state index contributed by atoms with van der Waals surface area (Å²) in [5.74, 6) is 1.57. The maximum absolute atomic E-state index is 9.21. The van der Waals surface area contributed by atoms with Crippen LogP contribution in [-0.2, 0) is 0 Å². The summed E-state index contributed by atoms with van der Waals surface area (Å²) in [5, 5.41) is 15.9. The third-order valence-electron chi connectivity index (χ3n) is 3.15. The lowest BCUT2D eigenvalue weighted by atomic mass is 9.82. The molecule has 2 aromatic heterocycles. The van der Waals surface area contributed by atoms with E-state index in [4.69, 9.17) is 0 Å². The average molecular weight is 234 g/mol. The van der Waals surface area contributed by atoms with Crippen LogP contribution >= 0.6 is 11.3 Å². The van der Waals surface area contributed by atoms with E-state index in [1.54, 1.807) is 11.3 Å². The Morgan fingerprint density at radius 1 is 1.44 bits per heavy atom. The number of pyridine rings is 1. The first-order valence-electron chi connectivity index (χ1n) is 5.57. The van der Waals surface area contributed by atoms with Crippen LogP contribution in [0.25, 0.3) is 10.1 Å². The fourth-order valence-electron chi connectivity index (χ4n) is 2.14. The number of hydrogen-bond donors (Lipinski definition) is 2. The molecule has 0 amide bonds. The van der Waals surface area contributed by atoms with Gasteiger partial charge in [-0.3, -0.25) is 0 Å². The van der Waals surface area contributed by atoms with Crippen molar-refractivity contribution in [1.82, 2.24) is 4.98 Å². The first kappa shape index (κ1) is 10.1. The molecule has 16 heavy (non-hydrogen) atoms. The number of nitrogens with zero attached hydrogens (tertiary/aromatic N) is 1. The molecule has 3 nitrogen and oxygen atoms in total. The van der Waals surface area contributed by atoms with Gasteiger partial charge in [0, 0.05) is 22.8 Å². The molecule has 0 saturated heterocycles. The molecule has 0 unspecified atom stereocenters. The third-order valence-corrected chi connectivity index (χ3v) is 4.03. The fraction of sp³-hybridized carbons (Fsp3) is 0.417. The molecule has 0 aromatic carbocycles.